The fourth-order valence-electron chi connectivity index (χ4n) is 1.75. The molecule has 0 radical (unpaired) electrons. The number of rotatable bonds is 9. The van der Waals surface area contributed by atoms with Gasteiger partial charge in [-0.25, -0.2) is 4.98 Å². The molecule has 0 amide bonds. The highest BCUT2D eigenvalue weighted by molar-refractivity contribution is 6.31. The Morgan fingerprint density at radius 2 is 2.06 bits per heavy atom. The van der Waals surface area contributed by atoms with E-state index in [9.17, 15) is 0 Å². The zero-order valence-corrected chi connectivity index (χ0v) is 12.1. The van der Waals surface area contributed by atoms with Gasteiger partial charge in [0.2, 0.25) is 5.88 Å². The van der Waals surface area contributed by atoms with Crippen molar-refractivity contribution < 1.29 is 4.74 Å². The van der Waals surface area contributed by atoms with Crippen LogP contribution in [0.15, 0.2) is 12.3 Å². The maximum Gasteiger partial charge on any atom is 0.213 e. The molecule has 0 unspecified atom stereocenters. The highest BCUT2D eigenvalue weighted by Crippen LogP contribution is 2.19. The average Bonchev–Trinajstić information content (AvgIpc) is 2.37. The molecule has 0 aliphatic carbocycles. The van der Waals surface area contributed by atoms with Gasteiger partial charge < -0.3 is 10.1 Å². The SMILES string of the molecule is CCCCCCCOc1cc(CNC)c(Cl)cn1. The zero-order valence-electron chi connectivity index (χ0n) is 11.3. The van der Waals surface area contributed by atoms with Crippen molar-refractivity contribution in [3.05, 3.63) is 22.8 Å². The first-order valence-electron chi connectivity index (χ1n) is 6.69. The van der Waals surface area contributed by atoms with Gasteiger partial charge in [-0.2, -0.15) is 0 Å². The lowest BCUT2D eigenvalue weighted by Gasteiger charge is -2.08. The second-order valence-corrected chi connectivity index (χ2v) is 4.81. The minimum absolute atomic E-state index is 0.667. The number of pyridine rings is 1. The van der Waals surface area contributed by atoms with E-state index in [1.54, 1.807) is 6.20 Å². The van der Waals surface area contributed by atoms with Gasteiger partial charge in [-0.15, -0.1) is 0 Å². The van der Waals surface area contributed by atoms with E-state index in [1.165, 1.54) is 25.7 Å². The van der Waals surface area contributed by atoms with Crippen LogP contribution in [0.25, 0.3) is 0 Å². The topological polar surface area (TPSA) is 34.1 Å². The summed E-state index contributed by atoms with van der Waals surface area (Å²) in [6.45, 7) is 3.68. The summed E-state index contributed by atoms with van der Waals surface area (Å²) in [5.41, 5.74) is 1.02. The van der Waals surface area contributed by atoms with E-state index in [2.05, 4.69) is 17.2 Å². The Labute approximate surface area is 115 Å². The molecule has 102 valence electrons. The van der Waals surface area contributed by atoms with Crippen LogP contribution < -0.4 is 10.1 Å². The van der Waals surface area contributed by atoms with Crippen molar-refractivity contribution >= 4 is 11.6 Å². The molecule has 0 aromatic carbocycles. The van der Waals surface area contributed by atoms with Crippen molar-refractivity contribution in [3.63, 3.8) is 0 Å². The van der Waals surface area contributed by atoms with Gasteiger partial charge in [0.1, 0.15) is 0 Å². The number of nitrogens with one attached hydrogen (secondary N) is 1. The molecule has 1 aromatic rings. The predicted molar refractivity (Wildman–Crippen MR) is 76.3 cm³/mol. The van der Waals surface area contributed by atoms with Gasteiger partial charge in [-0.1, -0.05) is 44.2 Å². The second-order valence-electron chi connectivity index (χ2n) is 4.41. The predicted octanol–water partition coefficient (Wildman–Crippen LogP) is 3.80. The van der Waals surface area contributed by atoms with Gasteiger partial charge in [0.25, 0.3) is 0 Å². The zero-order chi connectivity index (χ0) is 13.2. The number of halogens is 1. The maximum atomic E-state index is 6.04. The van der Waals surface area contributed by atoms with Crippen LogP contribution in [0.4, 0.5) is 0 Å². The monoisotopic (exact) mass is 270 g/mol. The van der Waals surface area contributed by atoms with Gasteiger partial charge in [-0.3, -0.25) is 0 Å². The third-order valence-corrected chi connectivity index (χ3v) is 3.11. The average molecular weight is 271 g/mol. The standard InChI is InChI=1S/C14H23ClN2O/c1-3-4-5-6-7-8-18-14-9-12(10-16-2)13(15)11-17-14/h9,11,16H,3-8,10H2,1-2H3. The highest BCUT2D eigenvalue weighted by atomic mass is 35.5. The lowest BCUT2D eigenvalue weighted by atomic mass is 10.2. The van der Waals surface area contributed by atoms with Crippen molar-refractivity contribution in [3.8, 4) is 5.88 Å². The smallest absolute Gasteiger partial charge is 0.213 e. The number of hydrogen-bond acceptors (Lipinski definition) is 3. The van der Waals surface area contributed by atoms with Crippen molar-refractivity contribution in [1.82, 2.24) is 10.3 Å². The van der Waals surface area contributed by atoms with Gasteiger partial charge in [0.05, 0.1) is 11.6 Å². The molecule has 0 aliphatic rings. The summed E-state index contributed by atoms with van der Waals surface area (Å²) in [5, 5.41) is 3.75. The number of unbranched alkanes of at least 4 members (excludes halogenated alkanes) is 4. The summed E-state index contributed by atoms with van der Waals surface area (Å²) in [6.07, 6.45) is 7.84. The summed E-state index contributed by atoms with van der Waals surface area (Å²) in [5.74, 6) is 0.667. The molecule has 0 saturated carbocycles. The molecule has 0 saturated heterocycles. The van der Waals surface area contributed by atoms with Crippen LogP contribution in [0.1, 0.15) is 44.6 Å². The summed E-state index contributed by atoms with van der Waals surface area (Å²) in [6, 6.07) is 1.91. The Kier molecular flexibility index (Phi) is 7.78. The summed E-state index contributed by atoms with van der Waals surface area (Å²) >= 11 is 6.04. The van der Waals surface area contributed by atoms with Crippen LogP contribution in [-0.2, 0) is 6.54 Å². The number of aromatic nitrogens is 1. The van der Waals surface area contributed by atoms with Crippen LogP contribution in [0.2, 0.25) is 5.02 Å². The van der Waals surface area contributed by atoms with Gasteiger partial charge in [0.15, 0.2) is 0 Å². The largest absolute Gasteiger partial charge is 0.478 e. The summed E-state index contributed by atoms with van der Waals surface area (Å²) in [4.78, 5) is 4.17. The first kappa shape index (κ1) is 15.3. The molecule has 1 heterocycles. The molecular formula is C14H23ClN2O. The quantitative estimate of drug-likeness (QED) is 0.693. The van der Waals surface area contributed by atoms with Gasteiger partial charge >= 0.3 is 0 Å². The van der Waals surface area contributed by atoms with E-state index in [0.29, 0.717) is 10.9 Å². The molecule has 0 aliphatic heterocycles. The number of ether oxygens (including phenoxy) is 1. The van der Waals surface area contributed by atoms with Crippen LogP contribution >= 0.6 is 11.6 Å². The molecular weight excluding hydrogens is 248 g/mol. The van der Waals surface area contributed by atoms with E-state index in [4.69, 9.17) is 16.3 Å². The van der Waals surface area contributed by atoms with Crippen LogP contribution in [0.3, 0.4) is 0 Å². The fraction of sp³-hybridized carbons (Fsp3) is 0.643. The molecule has 1 rings (SSSR count). The van der Waals surface area contributed by atoms with E-state index in [1.807, 2.05) is 13.1 Å². The molecule has 0 bridgehead atoms. The summed E-state index contributed by atoms with van der Waals surface area (Å²) < 4.78 is 5.63. The van der Waals surface area contributed by atoms with Crippen LogP contribution in [-0.4, -0.2) is 18.6 Å². The first-order chi connectivity index (χ1) is 8.77. The Morgan fingerprint density at radius 1 is 1.28 bits per heavy atom. The fourth-order valence-corrected chi connectivity index (χ4v) is 1.92. The maximum absolute atomic E-state index is 6.04. The van der Waals surface area contributed by atoms with Crippen LogP contribution in [0.5, 0.6) is 5.88 Å². The third-order valence-electron chi connectivity index (χ3n) is 2.77. The number of hydrogen-bond donors (Lipinski definition) is 1. The molecule has 1 aromatic heterocycles. The third kappa shape index (κ3) is 5.69. The Bertz CT molecular complexity index is 345. The van der Waals surface area contributed by atoms with Crippen molar-refractivity contribution in [2.75, 3.05) is 13.7 Å². The van der Waals surface area contributed by atoms with Gasteiger partial charge in [-0.05, 0) is 19.0 Å². The minimum Gasteiger partial charge on any atom is -0.478 e. The van der Waals surface area contributed by atoms with E-state index in [0.717, 1.165) is 25.1 Å². The molecule has 4 heteroatoms. The minimum atomic E-state index is 0.667. The molecule has 18 heavy (non-hydrogen) atoms. The molecule has 0 spiro atoms. The number of nitrogens with zero attached hydrogens (tertiary/aromatic N) is 1. The lowest BCUT2D eigenvalue weighted by Crippen LogP contribution is -2.07. The van der Waals surface area contributed by atoms with E-state index in [-0.39, 0.29) is 0 Å². The normalized spacial score (nSPS) is 10.6. The Hall–Kier alpha value is -0.800. The highest BCUT2D eigenvalue weighted by Gasteiger charge is 2.03. The Balaban J connectivity index is 2.31. The van der Waals surface area contributed by atoms with Crippen molar-refractivity contribution in [2.45, 2.75) is 45.6 Å². The molecule has 0 atom stereocenters. The molecule has 3 nitrogen and oxygen atoms in total. The van der Waals surface area contributed by atoms with Gasteiger partial charge in [0, 0.05) is 18.8 Å². The second kappa shape index (κ2) is 9.17. The lowest BCUT2D eigenvalue weighted by molar-refractivity contribution is 0.293. The Morgan fingerprint density at radius 3 is 2.78 bits per heavy atom. The van der Waals surface area contributed by atoms with Crippen LogP contribution in [0, 0.1) is 0 Å². The molecule has 1 N–H and O–H groups in total. The van der Waals surface area contributed by atoms with E-state index >= 15 is 0 Å². The van der Waals surface area contributed by atoms with Crippen molar-refractivity contribution in [2.24, 2.45) is 0 Å². The molecule has 0 fully saturated rings. The van der Waals surface area contributed by atoms with E-state index < -0.39 is 0 Å². The first-order valence-corrected chi connectivity index (χ1v) is 7.07. The summed E-state index contributed by atoms with van der Waals surface area (Å²) in [7, 11) is 1.89. The van der Waals surface area contributed by atoms with Crippen molar-refractivity contribution in [1.29, 1.82) is 0 Å².